The topological polar surface area (TPSA) is 65.5 Å². The van der Waals surface area contributed by atoms with Gasteiger partial charge in [0, 0.05) is 17.3 Å². The molecule has 0 spiro atoms. The van der Waals surface area contributed by atoms with Crippen molar-refractivity contribution in [1.29, 1.82) is 0 Å². The van der Waals surface area contributed by atoms with E-state index in [0.717, 1.165) is 0 Å². The summed E-state index contributed by atoms with van der Waals surface area (Å²) in [6.45, 7) is 1.73. The zero-order valence-electron chi connectivity index (χ0n) is 6.03. The molecule has 1 aromatic rings. The Balaban J connectivity index is 3.19. The van der Waals surface area contributed by atoms with Crippen LogP contribution in [0.2, 0.25) is 0 Å². The van der Waals surface area contributed by atoms with Crippen LogP contribution >= 0.6 is 0 Å². The summed E-state index contributed by atoms with van der Waals surface area (Å²) in [5.74, 6) is 0. The van der Waals surface area contributed by atoms with Crippen molar-refractivity contribution < 1.29 is 5.21 Å². The highest BCUT2D eigenvalue weighted by Gasteiger charge is 1.93. The van der Waals surface area contributed by atoms with Gasteiger partial charge < -0.3 is 10.2 Å². The van der Waals surface area contributed by atoms with Gasteiger partial charge in [-0.1, -0.05) is 5.16 Å². The molecule has 1 rings (SSSR count). The Morgan fingerprint density at radius 1 is 1.64 bits per heavy atom. The quantitative estimate of drug-likeness (QED) is 0.349. The summed E-state index contributed by atoms with van der Waals surface area (Å²) < 4.78 is 0. The second kappa shape index (κ2) is 3.01. The molecule has 0 aliphatic rings. The number of nitrogens with zero attached hydrogens (tertiary/aromatic N) is 1. The fraction of sp³-hybridized carbons (Fsp3) is 0.143. The summed E-state index contributed by atoms with van der Waals surface area (Å²) in [6, 6.07) is 2.97. The molecule has 0 bridgehead atoms. The Morgan fingerprint density at radius 3 is 2.91 bits per heavy atom. The predicted molar refractivity (Wildman–Crippen MR) is 41.2 cm³/mol. The highest BCUT2D eigenvalue weighted by molar-refractivity contribution is 5.80. The molecule has 0 aromatic carbocycles. The fourth-order valence-corrected chi connectivity index (χ4v) is 0.791. The van der Waals surface area contributed by atoms with Crippen LogP contribution < -0.4 is 5.56 Å². The van der Waals surface area contributed by atoms with Gasteiger partial charge in [0.05, 0.1) is 6.21 Å². The minimum Gasteiger partial charge on any atom is -0.411 e. The first kappa shape index (κ1) is 7.53. The van der Waals surface area contributed by atoms with Crippen LogP contribution in [0.3, 0.4) is 0 Å². The normalized spacial score (nSPS) is 10.6. The van der Waals surface area contributed by atoms with Crippen molar-refractivity contribution in [2.45, 2.75) is 6.92 Å². The van der Waals surface area contributed by atoms with E-state index in [1.807, 2.05) is 0 Å². The van der Waals surface area contributed by atoms with Gasteiger partial charge in [-0.15, -0.1) is 0 Å². The Kier molecular flexibility index (Phi) is 2.06. The third-order valence-corrected chi connectivity index (χ3v) is 1.35. The molecule has 0 aliphatic carbocycles. The number of aromatic nitrogens is 1. The molecule has 0 atom stereocenters. The number of pyridine rings is 1. The lowest BCUT2D eigenvalue weighted by atomic mass is 10.2. The second-order valence-electron chi connectivity index (χ2n) is 2.15. The molecule has 4 heteroatoms. The van der Waals surface area contributed by atoms with Gasteiger partial charge in [-0.05, 0) is 13.0 Å². The zero-order chi connectivity index (χ0) is 8.27. The van der Waals surface area contributed by atoms with Crippen LogP contribution in [-0.2, 0) is 0 Å². The van der Waals surface area contributed by atoms with Gasteiger partial charge in [0.15, 0.2) is 0 Å². The number of oxime groups is 1. The van der Waals surface area contributed by atoms with Crippen molar-refractivity contribution in [3.63, 3.8) is 0 Å². The molecule has 0 amide bonds. The molecule has 0 aliphatic heterocycles. The van der Waals surface area contributed by atoms with Crippen LogP contribution in [0.4, 0.5) is 0 Å². The predicted octanol–water partition coefficient (Wildman–Crippen LogP) is 0.491. The standard InChI is InChI=1S/C7H8N2O2/c1-5-6(4-8-11)2-3-7(10)9-5/h2-4,11H,1H3,(H,9,10)/b8-4+. The van der Waals surface area contributed by atoms with Crippen LogP contribution in [0.15, 0.2) is 22.1 Å². The van der Waals surface area contributed by atoms with E-state index in [9.17, 15) is 4.79 Å². The van der Waals surface area contributed by atoms with E-state index in [-0.39, 0.29) is 5.56 Å². The molecule has 0 fully saturated rings. The van der Waals surface area contributed by atoms with Crippen molar-refractivity contribution in [3.8, 4) is 0 Å². The first-order chi connectivity index (χ1) is 5.24. The average molecular weight is 152 g/mol. The first-order valence-corrected chi connectivity index (χ1v) is 3.11. The maximum atomic E-state index is 10.7. The Bertz CT molecular complexity index is 327. The van der Waals surface area contributed by atoms with E-state index >= 15 is 0 Å². The molecule has 0 radical (unpaired) electrons. The molecule has 0 saturated carbocycles. The molecular weight excluding hydrogens is 144 g/mol. The minimum atomic E-state index is -0.155. The average Bonchev–Trinajstić information content (AvgIpc) is 1.95. The molecule has 0 saturated heterocycles. The Hall–Kier alpha value is -1.58. The van der Waals surface area contributed by atoms with Crippen LogP contribution in [0.25, 0.3) is 0 Å². The van der Waals surface area contributed by atoms with Gasteiger partial charge in [0.1, 0.15) is 0 Å². The Labute approximate surface area is 63.2 Å². The largest absolute Gasteiger partial charge is 0.411 e. The van der Waals surface area contributed by atoms with Gasteiger partial charge in [-0.3, -0.25) is 4.79 Å². The lowest BCUT2D eigenvalue weighted by Crippen LogP contribution is -2.06. The minimum absolute atomic E-state index is 0.155. The highest BCUT2D eigenvalue weighted by atomic mass is 16.4. The summed E-state index contributed by atoms with van der Waals surface area (Å²) in [7, 11) is 0. The summed E-state index contributed by atoms with van der Waals surface area (Å²) in [5, 5.41) is 11.0. The van der Waals surface area contributed by atoms with Crippen LogP contribution in [0.5, 0.6) is 0 Å². The molecule has 2 N–H and O–H groups in total. The van der Waals surface area contributed by atoms with Crippen molar-refractivity contribution >= 4 is 6.21 Å². The van der Waals surface area contributed by atoms with E-state index in [4.69, 9.17) is 5.21 Å². The molecule has 4 nitrogen and oxygen atoms in total. The molecule has 0 unspecified atom stereocenters. The fourth-order valence-electron chi connectivity index (χ4n) is 0.791. The molecule has 11 heavy (non-hydrogen) atoms. The van der Waals surface area contributed by atoms with E-state index in [0.29, 0.717) is 11.3 Å². The number of rotatable bonds is 1. The third kappa shape index (κ3) is 1.67. The van der Waals surface area contributed by atoms with Crippen LogP contribution in [-0.4, -0.2) is 16.4 Å². The number of aromatic amines is 1. The van der Waals surface area contributed by atoms with E-state index < -0.39 is 0 Å². The maximum absolute atomic E-state index is 10.7. The molecule has 1 heterocycles. The summed E-state index contributed by atoms with van der Waals surface area (Å²) in [6.07, 6.45) is 1.27. The number of H-pyrrole nitrogens is 1. The SMILES string of the molecule is Cc1[nH]c(=O)ccc1/C=N/O. The first-order valence-electron chi connectivity index (χ1n) is 3.11. The van der Waals surface area contributed by atoms with Gasteiger partial charge in [-0.2, -0.15) is 0 Å². The molecule has 58 valence electrons. The van der Waals surface area contributed by atoms with Crippen molar-refractivity contribution in [2.75, 3.05) is 0 Å². The van der Waals surface area contributed by atoms with E-state index in [1.54, 1.807) is 13.0 Å². The third-order valence-electron chi connectivity index (χ3n) is 1.35. The molecular formula is C7H8N2O2. The van der Waals surface area contributed by atoms with Crippen molar-refractivity contribution in [1.82, 2.24) is 4.98 Å². The lowest BCUT2D eigenvalue weighted by Gasteiger charge is -1.95. The maximum Gasteiger partial charge on any atom is 0.248 e. The van der Waals surface area contributed by atoms with Crippen LogP contribution in [0, 0.1) is 6.92 Å². The second-order valence-corrected chi connectivity index (χ2v) is 2.15. The van der Waals surface area contributed by atoms with E-state index in [2.05, 4.69) is 10.1 Å². The number of hydrogen-bond acceptors (Lipinski definition) is 3. The van der Waals surface area contributed by atoms with Crippen molar-refractivity contribution in [2.24, 2.45) is 5.16 Å². The van der Waals surface area contributed by atoms with E-state index in [1.165, 1.54) is 12.3 Å². The van der Waals surface area contributed by atoms with Gasteiger partial charge in [0.25, 0.3) is 0 Å². The molecule has 1 aromatic heterocycles. The van der Waals surface area contributed by atoms with Crippen LogP contribution in [0.1, 0.15) is 11.3 Å². The lowest BCUT2D eigenvalue weighted by molar-refractivity contribution is 0.322. The van der Waals surface area contributed by atoms with Gasteiger partial charge in [-0.25, -0.2) is 0 Å². The summed E-state index contributed by atoms with van der Waals surface area (Å²) >= 11 is 0. The smallest absolute Gasteiger partial charge is 0.248 e. The Morgan fingerprint density at radius 2 is 2.36 bits per heavy atom. The number of nitrogens with one attached hydrogen (secondary N) is 1. The number of aryl methyl sites for hydroxylation is 1. The summed E-state index contributed by atoms with van der Waals surface area (Å²) in [5.41, 5.74) is 1.24. The monoisotopic (exact) mass is 152 g/mol. The summed E-state index contributed by atoms with van der Waals surface area (Å²) in [4.78, 5) is 13.2. The highest BCUT2D eigenvalue weighted by Crippen LogP contribution is 1.96. The number of hydrogen-bond donors (Lipinski definition) is 2. The van der Waals surface area contributed by atoms with Crippen molar-refractivity contribution in [3.05, 3.63) is 33.7 Å². The zero-order valence-corrected chi connectivity index (χ0v) is 6.03. The van der Waals surface area contributed by atoms with Gasteiger partial charge in [0.2, 0.25) is 5.56 Å². The van der Waals surface area contributed by atoms with Gasteiger partial charge >= 0.3 is 0 Å².